The van der Waals surface area contributed by atoms with Crippen LogP contribution >= 0.6 is 0 Å². The third kappa shape index (κ3) is 10.3. The van der Waals surface area contributed by atoms with Crippen LogP contribution in [0.2, 0.25) is 0 Å². The number of rotatable bonds is 19. The molecule has 4 aromatic carbocycles. The Labute approximate surface area is 387 Å². The van der Waals surface area contributed by atoms with Crippen LogP contribution in [0.25, 0.3) is 10.8 Å². The molecule has 350 valence electrons. The number of aliphatic hydroxyl groups excluding tert-OH is 2. The SMILES string of the molecule is C=CCO[C@@]12Oc3ccc(OC(=O)NCc4ccccc4)cc3[C@H]3[C@H](CCCCO)[C@@H](CCCCO)C=C(C(=NOC4CCCCO4)C[C@@H]1N(Cc1cccc4ccccc14)C(=O)OC)[C@H]32. The molecule has 2 aliphatic heterocycles. The number of unbranched alkanes of at least 4 members (excludes halogenated alkanes) is 2. The lowest BCUT2D eigenvalue weighted by atomic mass is 9.55. The lowest BCUT2D eigenvalue weighted by molar-refractivity contribution is -0.256. The number of benzene rings is 4. The van der Waals surface area contributed by atoms with Crippen molar-refractivity contribution in [2.75, 3.05) is 33.5 Å². The normalized spacial score (nSPS) is 24.8. The number of amides is 2. The summed E-state index contributed by atoms with van der Waals surface area (Å²) in [7, 11) is 1.38. The molecule has 66 heavy (non-hydrogen) atoms. The number of nitrogens with zero attached hydrogens (tertiary/aromatic N) is 2. The molecule has 0 radical (unpaired) electrons. The van der Waals surface area contributed by atoms with Crippen molar-refractivity contribution in [3.8, 4) is 11.5 Å². The minimum Gasteiger partial charge on any atom is -0.459 e. The molecular weight excluding hydrogens is 839 g/mol. The van der Waals surface area contributed by atoms with Crippen molar-refractivity contribution >= 4 is 28.7 Å². The van der Waals surface area contributed by atoms with Gasteiger partial charge in [0.15, 0.2) is 0 Å². The summed E-state index contributed by atoms with van der Waals surface area (Å²) in [4.78, 5) is 35.9. The van der Waals surface area contributed by atoms with Crippen LogP contribution in [0, 0.1) is 17.8 Å². The second kappa shape index (κ2) is 22.2. The van der Waals surface area contributed by atoms with Crippen LogP contribution < -0.4 is 14.8 Å². The molecule has 2 fully saturated rings. The van der Waals surface area contributed by atoms with Gasteiger partial charge in [-0.1, -0.05) is 103 Å². The molecule has 13 nitrogen and oxygen atoms in total. The largest absolute Gasteiger partial charge is 0.459 e. The van der Waals surface area contributed by atoms with E-state index in [1.165, 1.54) is 7.11 Å². The van der Waals surface area contributed by atoms with Gasteiger partial charge in [0, 0.05) is 44.1 Å². The van der Waals surface area contributed by atoms with E-state index in [-0.39, 0.29) is 50.5 Å². The molecule has 2 heterocycles. The van der Waals surface area contributed by atoms with Gasteiger partial charge in [0.05, 0.1) is 38.5 Å². The minimum atomic E-state index is -1.52. The molecule has 13 heteroatoms. The lowest BCUT2D eigenvalue weighted by Gasteiger charge is -2.59. The van der Waals surface area contributed by atoms with E-state index in [9.17, 15) is 19.8 Å². The van der Waals surface area contributed by atoms with Gasteiger partial charge in [0.25, 0.3) is 0 Å². The fourth-order valence-corrected chi connectivity index (χ4v) is 10.6. The number of nitrogens with one attached hydrogen (secondary N) is 1. The zero-order valence-corrected chi connectivity index (χ0v) is 37.9. The number of carbonyl (C=O) groups is 2. The lowest BCUT2D eigenvalue weighted by Crippen LogP contribution is -2.70. The molecule has 3 N–H and O–H groups in total. The van der Waals surface area contributed by atoms with E-state index >= 15 is 0 Å². The summed E-state index contributed by atoms with van der Waals surface area (Å²) in [6, 6.07) is 28.4. The molecule has 1 saturated heterocycles. The van der Waals surface area contributed by atoms with Crippen molar-refractivity contribution in [3.05, 3.63) is 132 Å². The van der Waals surface area contributed by atoms with Crippen molar-refractivity contribution in [1.82, 2.24) is 10.2 Å². The summed E-state index contributed by atoms with van der Waals surface area (Å²) in [6.07, 6.45) is 9.41. The summed E-state index contributed by atoms with van der Waals surface area (Å²) in [5.41, 5.74) is 4.21. The number of aliphatic hydroxyl groups is 2. The van der Waals surface area contributed by atoms with Gasteiger partial charge >= 0.3 is 12.2 Å². The predicted molar refractivity (Wildman–Crippen MR) is 251 cm³/mol. The second-order valence-electron chi connectivity index (χ2n) is 17.6. The molecule has 7 atom stereocenters. The van der Waals surface area contributed by atoms with E-state index in [0.29, 0.717) is 49.6 Å². The van der Waals surface area contributed by atoms with Gasteiger partial charge in [-0.25, -0.2) is 9.59 Å². The number of allylic oxidation sites excluding steroid dienone is 1. The number of ether oxygens (including phenoxy) is 5. The first-order valence-corrected chi connectivity index (χ1v) is 23.5. The number of hydrogen-bond donors (Lipinski definition) is 3. The molecule has 1 saturated carbocycles. The second-order valence-corrected chi connectivity index (χ2v) is 17.6. The van der Waals surface area contributed by atoms with Gasteiger partial charge in [-0.3, -0.25) is 4.90 Å². The monoisotopic (exact) mass is 901 g/mol. The minimum absolute atomic E-state index is 0.00775. The van der Waals surface area contributed by atoms with Gasteiger partial charge in [0.1, 0.15) is 17.5 Å². The first-order chi connectivity index (χ1) is 32.4. The van der Waals surface area contributed by atoms with E-state index in [0.717, 1.165) is 71.6 Å². The molecule has 2 aliphatic carbocycles. The van der Waals surface area contributed by atoms with Crippen LogP contribution in [0.3, 0.4) is 0 Å². The van der Waals surface area contributed by atoms with Crippen molar-refractivity contribution in [3.63, 3.8) is 0 Å². The van der Waals surface area contributed by atoms with Crippen LogP contribution in [0.4, 0.5) is 9.59 Å². The highest BCUT2D eigenvalue weighted by molar-refractivity contribution is 6.03. The summed E-state index contributed by atoms with van der Waals surface area (Å²) in [5, 5.41) is 29.9. The summed E-state index contributed by atoms with van der Waals surface area (Å²) < 4.78 is 32.2. The van der Waals surface area contributed by atoms with Gasteiger partial charge in [0.2, 0.25) is 12.1 Å². The highest BCUT2D eigenvalue weighted by atomic mass is 16.8. The molecule has 0 spiro atoms. The maximum atomic E-state index is 14.5. The third-order valence-corrected chi connectivity index (χ3v) is 13.6. The number of fused-ring (bicyclic) bond motifs is 3. The van der Waals surface area contributed by atoms with Crippen LogP contribution in [0.1, 0.15) is 86.8 Å². The zero-order chi connectivity index (χ0) is 45.9. The van der Waals surface area contributed by atoms with Gasteiger partial charge < -0.3 is 44.1 Å². The first-order valence-electron chi connectivity index (χ1n) is 23.5. The molecule has 4 aromatic rings. The van der Waals surface area contributed by atoms with Crippen molar-refractivity contribution < 1.29 is 48.3 Å². The topological polar surface area (TPSA) is 158 Å². The average molecular weight is 902 g/mol. The Morgan fingerprint density at radius 2 is 1.74 bits per heavy atom. The van der Waals surface area contributed by atoms with E-state index < -0.39 is 36.2 Å². The first kappa shape index (κ1) is 46.8. The van der Waals surface area contributed by atoms with E-state index in [4.69, 9.17) is 33.7 Å². The van der Waals surface area contributed by atoms with Crippen molar-refractivity contribution in [2.24, 2.45) is 22.9 Å². The van der Waals surface area contributed by atoms with Crippen molar-refractivity contribution in [2.45, 2.75) is 101 Å². The molecule has 4 aliphatic rings. The van der Waals surface area contributed by atoms with Crippen LogP contribution in [-0.4, -0.2) is 84.7 Å². The van der Waals surface area contributed by atoms with Crippen molar-refractivity contribution in [1.29, 1.82) is 0 Å². The van der Waals surface area contributed by atoms with E-state index in [1.807, 2.05) is 66.7 Å². The highest BCUT2D eigenvalue weighted by Crippen LogP contribution is 2.62. The molecule has 0 bridgehead atoms. The Morgan fingerprint density at radius 1 is 0.955 bits per heavy atom. The van der Waals surface area contributed by atoms with E-state index in [1.54, 1.807) is 17.0 Å². The quantitative estimate of drug-likeness (QED) is 0.0470. The molecule has 1 unspecified atom stereocenters. The fourth-order valence-electron chi connectivity index (χ4n) is 10.6. The van der Waals surface area contributed by atoms with Crippen LogP contribution in [0.15, 0.2) is 120 Å². The maximum Gasteiger partial charge on any atom is 0.412 e. The van der Waals surface area contributed by atoms with E-state index in [2.05, 4.69) is 36.2 Å². The number of methoxy groups -OCH3 is 1. The van der Waals surface area contributed by atoms with Gasteiger partial charge in [-0.05, 0) is 96.0 Å². The standard InChI is InChI=1S/C53H63N3O10/c1-3-29-63-53-47(56(52(60)61-2)35-39-21-15-20-37-18-7-8-22-41(37)39)33-45(55-66-48-24-11-14-30-62-48)43-31-38(19-9-12-27-57)42(23-10-13-28-58)49(50(43)53)44-32-40(25-26-46(44)65-53)64-51(59)54-34-36-16-5-4-6-17-36/h3-8,15-18,20-22,25-26,31-32,38,42,47-50,57-58H,1,9-14,19,23-24,27-30,33-35H2,2H3,(H,54,59)/t38-,42+,47-,48?,49+,50+,53+/m0/s1. The third-order valence-electron chi connectivity index (χ3n) is 13.6. The van der Waals surface area contributed by atoms with Crippen LogP contribution in [0.5, 0.6) is 11.5 Å². The average Bonchev–Trinajstić information content (AvgIpc) is 3.35. The Kier molecular flexibility index (Phi) is 15.7. The van der Waals surface area contributed by atoms with Gasteiger partial charge in [-0.15, -0.1) is 6.58 Å². The summed E-state index contributed by atoms with van der Waals surface area (Å²) >= 11 is 0. The summed E-state index contributed by atoms with van der Waals surface area (Å²) in [6.45, 7) is 5.33. The Bertz CT molecular complexity index is 2340. The predicted octanol–water partition coefficient (Wildman–Crippen LogP) is 9.56. The smallest absolute Gasteiger partial charge is 0.412 e. The Balaban J connectivity index is 1.30. The Morgan fingerprint density at radius 3 is 2.52 bits per heavy atom. The number of oxime groups is 1. The maximum absolute atomic E-state index is 14.5. The molecular formula is C53H63N3O10. The van der Waals surface area contributed by atoms with Gasteiger partial charge in [-0.2, -0.15) is 0 Å². The molecule has 2 amide bonds. The number of carbonyl (C=O) groups excluding carboxylic acids is 2. The highest BCUT2D eigenvalue weighted by Gasteiger charge is 2.65. The fraction of sp³-hybridized carbons (Fsp3) is 0.453. The molecule has 0 aromatic heterocycles. The Hall–Kier alpha value is -5.73. The van der Waals surface area contributed by atoms with Crippen LogP contribution in [-0.2, 0) is 32.1 Å². The summed E-state index contributed by atoms with van der Waals surface area (Å²) in [5.74, 6) is -1.57. The zero-order valence-electron chi connectivity index (χ0n) is 37.9. The molecule has 8 rings (SSSR count). The number of hydrogen-bond acceptors (Lipinski definition) is 11.